The average molecular weight is 425 g/mol. The number of carbonyl (C=O) groups excluding carboxylic acids is 2. The van der Waals surface area contributed by atoms with Crippen LogP contribution in [0.4, 0.5) is 10.5 Å². The van der Waals surface area contributed by atoms with Crippen molar-refractivity contribution in [2.24, 2.45) is 0 Å². The van der Waals surface area contributed by atoms with Crippen LogP contribution in [0, 0.1) is 0 Å². The standard InChI is InChI=1S/C25H32N2O4/c1-8-18-10-9-11-19(16-18)17-22(27(6)24(29)31-25(2,3)4)23(28)26(5)20-12-14-21(30-7)15-13-20/h8-16,22H,1,17H2,2-7H3. The minimum Gasteiger partial charge on any atom is -0.497 e. The van der Waals surface area contributed by atoms with E-state index in [0.29, 0.717) is 17.9 Å². The van der Waals surface area contributed by atoms with Crippen molar-refractivity contribution >= 4 is 23.8 Å². The van der Waals surface area contributed by atoms with Gasteiger partial charge in [-0.05, 0) is 56.2 Å². The van der Waals surface area contributed by atoms with Crippen LogP contribution in [0.5, 0.6) is 5.75 Å². The summed E-state index contributed by atoms with van der Waals surface area (Å²) in [4.78, 5) is 29.2. The predicted octanol–water partition coefficient (Wildman–Crippen LogP) is 4.78. The zero-order valence-electron chi connectivity index (χ0n) is 19.2. The number of amides is 2. The minimum atomic E-state index is -0.748. The Morgan fingerprint density at radius 3 is 2.29 bits per heavy atom. The van der Waals surface area contributed by atoms with Gasteiger partial charge in [0.2, 0.25) is 5.91 Å². The van der Waals surface area contributed by atoms with Crippen molar-refractivity contribution in [1.29, 1.82) is 0 Å². The zero-order valence-corrected chi connectivity index (χ0v) is 19.2. The topological polar surface area (TPSA) is 59.1 Å². The summed E-state index contributed by atoms with van der Waals surface area (Å²) in [5.41, 5.74) is 1.92. The van der Waals surface area contributed by atoms with Crippen LogP contribution in [0.15, 0.2) is 55.1 Å². The quantitative estimate of drug-likeness (QED) is 0.642. The molecule has 2 aromatic rings. The number of nitrogens with zero attached hydrogens (tertiary/aromatic N) is 2. The van der Waals surface area contributed by atoms with Crippen LogP contribution >= 0.6 is 0 Å². The van der Waals surface area contributed by atoms with Gasteiger partial charge in [-0.1, -0.05) is 36.9 Å². The maximum atomic E-state index is 13.5. The van der Waals surface area contributed by atoms with Crippen LogP contribution < -0.4 is 9.64 Å². The monoisotopic (exact) mass is 424 g/mol. The van der Waals surface area contributed by atoms with E-state index in [-0.39, 0.29) is 5.91 Å². The summed E-state index contributed by atoms with van der Waals surface area (Å²) in [6.07, 6.45) is 1.55. The zero-order chi connectivity index (χ0) is 23.2. The summed E-state index contributed by atoms with van der Waals surface area (Å²) in [7, 11) is 4.88. The normalized spacial score (nSPS) is 11.9. The second kappa shape index (κ2) is 10.2. The average Bonchev–Trinajstić information content (AvgIpc) is 2.75. The molecular weight excluding hydrogens is 392 g/mol. The smallest absolute Gasteiger partial charge is 0.410 e. The molecule has 0 fully saturated rings. The number of hydrogen-bond acceptors (Lipinski definition) is 4. The van der Waals surface area contributed by atoms with E-state index in [1.54, 1.807) is 77.2 Å². The van der Waals surface area contributed by atoms with Gasteiger partial charge in [0, 0.05) is 26.2 Å². The van der Waals surface area contributed by atoms with Gasteiger partial charge in [0.1, 0.15) is 17.4 Å². The molecule has 6 nitrogen and oxygen atoms in total. The Kier molecular flexibility index (Phi) is 7.86. The highest BCUT2D eigenvalue weighted by Gasteiger charge is 2.32. The maximum Gasteiger partial charge on any atom is 0.410 e. The number of ether oxygens (including phenoxy) is 2. The molecule has 2 amide bonds. The number of benzene rings is 2. The van der Waals surface area contributed by atoms with Crippen LogP contribution in [0.25, 0.3) is 6.08 Å². The Bertz CT molecular complexity index is 916. The molecule has 0 saturated heterocycles. The molecule has 0 radical (unpaired) electrons. The molecule has 0 heterocycles. The molecule has 1 unspecified atom stereocenters. The summed E-state index contributed by atoms with van der Waals surface area (Å²) < 4.78 is 10.7. The lowest BCUT2D eigenvalue weighted by atomic mass is 10.0. The molecule has 1 atom stereocenters. The molecule has 0 aromatic heterocycles. The second-order valence-electron chi connectivity index (χ2n) is 8.36. The summed E-state index contributed by atoms with van der Waals surface area (Å²) >= 11 is 0. The fourth-order valence-electron chi connectivity index (χ4n) is 3.08. The van der Waals surface area contributed by atoms with Gasteiger partial charge in [-0.25, -0.2) is 4.79 Å². The Labute approximate surface area is 185 Å². The number of likely N-dealkylation sites (N-methyl/N-ethyl adjacent to an activating group) is 2. The van der Waals surface area contributed by atoms with Gasteiger partial charge in [0.15, 0.2) is 0 Å². The third-order valence-corrected chi connectivity index (χ3v) is 4.84. The van der Waals surface area contributed by atoms with Crippen molar-refractivity contribution < 1.29 is 19.1 Å². The van der Waals surface area contributed by atoms with Gasteiger partial charge >= 0.3 is 6.09 Å². The molecular formula is C25H32N2O4. The van der Waals surface area contributed by atoms with Crippen molar-refractivity contribution in [3.8, 4) is 5.75 Å². The summed E-state index contributed by atoms with van der Waals surface area (Å²) in [5.74, 6) is 0.482. The van der Waals surface area contributed by atoms with Crippen LogP contribution in [-0.4, -0.2) is 49.7 Å². The third-order valence-electron chi connectivity index (χ3n) is 4.84. The number of carbonyl (C=O) groups is 2. The first kappa shape index (κ1) is 24.0. The van der Waals surface area contributed by atoms with Gasteiger partial charge in [0.25, 0.3) is 0 Å². The van der Waals surface area contributed by atoms with Crippen molar-refractivity contribution in [1.82, 2.24) is 4.90 Å². The van der Waals surface area contributed by atoms with Gasteiger partial charge < -0.3 is 14.4 Å². The maximum absolute atomic E-state index is 13.5. The van der Waals surface area contributed by atoms with E-state index in [1.165, 1.54) is 4.90 Å². The Balaban J connectivity index is 2.35. The minimum absolute atomic E-state index is 0.220. The van der Waals surface area contributed by atoms with Crippen LogP contribution in [0.2, 0.25) is 0 Å². The van der Waals surface area contributed by atoms with E-state index in [0.717, 1.165) is 11.1 Å². The molecule has 0 N–H and O–H groups in total. The van der Waals surface area contributed by atoms with Gasteiger partial charge in [0.05, 0.1) is 7.11 Å². The number of hydrogen-bond donors (Lipinski definition) is 0. The lowest BCUT2D eigenvalue weighted by Gasteiger charge is -2.32. The fourth-order valence-corrected chi connectivity index (χ4v) is 3.08. The first-order chi connectivity index (χ1) is 14.6. The van der Waals surface area contributed by atoms with E-state index in [1.807, 2.05) is 24.3 Å². The van der Waals surface area contributed by atoms with Crippen molar-refractivity contribution in [2.75, 3.05) is 26.1 Å². The molecule has 0 aliphatic rings. The highest BCUT2D eigenvalue weighted by Crippen LogP contribution is 2.22. The Hall–Kier alpha value is -3.28. The van der Waals surface area contributed by atoms with Gasteiger partial charge in [-0.2, -0.15) is 0 Å². The lowest BCUT2D eigenvalue weighted by Crippen LogP contribution is -2.50. The number of rotatable bonds is 7. The van der Waals surface area contributed by atoms with Crippen molar-refractivity contribution in [3.63, 3.8) is 0 Å². The largest absolute Gasteiger partial charge is 0.497 e. The molecule has 0 aliphatic heterocycles. The fraction of sp³-hybridized carbons (Fsp3) is 0.360. The molecule has 6 heteroatoms. The van der Waals surface area contributed by atoms with E-state index in [2.05, 4.69) is 6.58 Å². The van der Waals surface area contributed by atoms with Crippen LogP contribution in [-0.2, 0) is 16.0 Å². The van der Waals surface area contributed by atoms with Gasteiger partial charge in [-0.3, -0.25) is 9.69 Å². The molecule has 0 aliphatic carbocycles. The summed E-state index contributed by atoms with van der Waals surface area (Å²) in [5, 5.41) is 0. The highest BCUT2D eigenvalue weighted by molar-refractivity contribution is 5.98. The molecule has 0 spiro atoms. The molecule has 31 heavy (non-hydrogen) atoms. The Morgan fingerprint density at radius 1 is 1.10 bits per heavy atom. The SMILES string of the molecule is C=Cc1cccc(CC(C(=O)N(C)c2ccc(OC)cc2)N(C)C(=O)OC(C)(C)C)c1. The highest BCUT2D eigenvalue weighted by atomic mass is 16.6. The van der Waals surface area contributed by atoms with Crippen molar-refractivity contribution in [2.45, 2.75) is 38.8 Å². The number of methoxy groups -OCH3 is 1. The van der Waals surface area contributed by atoms with E-state index in [9.17, 15) is 9.59 Å². The van der Waals surface area contributed by atoms with E-state index in [4.69, 9.17) is 9.47 Å². The third kappa shape index (κ3) is 6.60. The first-order valence-electron chi connectivity index (χ1n) is 10.1. The van der Waals surface area contributed by atoms with Crippen molar-refractivity contribution in [3.05, 3.63) is 66.2 Å². The molecule has 2 rings (SSSR count). The van der Waals surface area contributed by atoms with Gasteiger partial charge in [-0.15, -0.1) is 0 Å². The Morgan fingerprint density at radius 2 is 1.74 bits per heavy atom. The predicted molar refractivity (Wildman–Crippen MR) is 124 cm³/mol. The molecule has 0 bridgehead atoms. The lowest BCUT2D eigenvalue weighted by molar-refractivity contribution is -0.123. The molecule has 0 saturated carbocycles. The first-order valence-corrected chi connectivity index (χ1v) is 10.1. The summed E-state index contributed by atoms with van der Waals surface area (Å²) in [6, 6.07) is 14.2. The van der Waals surface area contributed by atoms with E-state index >= 15 is 0 Å². The summed E-state index contributed by atoms with van der Waals surface area (Å²) in [6.45, 7) is 9.20. The molecule has 166 valence electrons. The van der Waals surface area contributed by atoms with Crippen LogP contribution in [0.1, 0.15) is 31.9 Å². The van der Waals surface area contributed by atoms with E-state index < -0.39 is 17.7 Å². The molecule has 2 aromatic carbocycles. The second-order valence-corrected chi connectivity index (χ2v) is 8.36. The van der Waals surface area contributed by atoms with Crippen LogP contribution in [0.3, 0.4) is 0 Å². The number of anilines is 1.